The Morgan fingerprint density at radius 3 is 2.65 bits per heavy atom. The highest BCUT2D eigenvalue weighted by molar-refractivity contribution is 7.22. The van der Waals surface area contributed by atoms with Gasteiger partial charge in [0.15, 0.2) is 5.13 Å². The maximum Gasteiger partial charge on any atom is 0.181 e. The topological polar surface area (TPSA) is 42.2 Å². The quantitative estimate of drug-likeness (QED) is 0.794. The van der Waals surface area contributed by atoms with Crippen LogP contribution in [0.2, 0.25) is 0 Å². The van der Waals surface area contributed by atoms with Gasteiger partial charge in [-0.25, -0.2) is 4.98 Å². The summed E-state index contributed by atoms with van der Waals surface area (Å²) in [7, 11) is 2.11. The fourth-order valence-corrected chi connectivity index (χ4v) is 3.05. The zero-order chi connectivity index (χ0) is 14.1. The van der Waals surface area contributed by atoms with Gasteiger partial charge in [-0.05, 0) is 36.8 Å². The lowest BCUT2D eigenvalue weighted by Gasteiger charge is -2.19. The number of anilines is 2. The van der Waals surface area contributed by atoms with E-state index in [1.165, 1.54) is 28.2 Å². The van der Waals surface area contributed by atoms with Gasteiger partial charge in [0.1, 0.15) is 0 Å². The van der Waals surface area contributed by atoms with Crippen molar-refractivity contribution in [3.8, 4) is 0 Å². The number of aryl methyl sites for hydroxylation is 1. The largest absolute Gasteiger partial charge is 0.375 e. The molecular weight excluding hydrogens is 266 g/mol. The third-order valence-corrected chi connectivity index (χ3v) is 4.21. The molecule has 1 heterocycles. The first-order valence-electron chi connectivity index (χ1n) is 6.54. The van der Waals surface area contributed by atoms with Crippen LogP contribution in [0.15, 0.2) is 42.5 Å². The Balaban J connectivity index is 1.82. The number of benzene rings is 2. The smallest absolute Gasteiger partial charge is 0.181 e. The van der Waals surface area contributed by atoms with Crippen LogP contribution in [0.5, 0.6) is 0 Å². The van der Waals surface area contributed by atoms with Gasteiger partial charge in [0.2, 0.25) is 0 Å². The minimum atomic E-state index is 0.629. The zero-order valence-corrected chi connectivity index (χ0v) is 12.4. The molecule has 2 N–H and O–H groups in total. The third-order valence-electron chi connectivity index (χ3n) is 3.36. The van der Waals surface area contributed by atoms with E-state index in [1.54, 1.807) is 0 Å². The van der Waals surface area contributed by atoms with Gasteiger partial charge >= 0.3 is 0 Å². The first-order chi connectivity index (χ1) is 9.61. The number of hydrogen-bond donors (Lipinski definition) is 1. The van der Waals surface area contributed by atoms with Crippen LogP contribution < -0.4 is 10.6 Å². The molecule has 4 heteroatoms. The Morgan fingerprint density at radius 1 is 1.15 bits per heavy atom. The van der Waals surface area contributed by atoms with E-state index in [4.69, 9.17) is 5.73 Å². The molecule has 0 amide bonds. The first-order valence-corrected chi connectivity index (χ1v) is 7.36. The van der Waals surface area contributed by atoms with Crippen LogP contribution in [-0.2, 0) is 6.54 Å². The lowest BCUT2D eigenvalue weighted by atomic mass is 10.1. The zero-order valence-electron chi connectivity index (χ0n) is 11.6. The number of nitrogen functional groups attached to an aromatic ring is 1. The second-order valence-electron chi connectivity index (χ2n) is 5.05. The molecule has 0 bridgehead atoms. The summed E-state index contributed by atoms with van der Waals surface area (Å²) >= 11 is 1.54. The van der Waals surface area contributed by atoms with Crippen molar-refractivity contribution in [2.24, 2.45) is 0 Å². The molecule has 0 unspecified atom stereocenters. The predicted octanol–water partition coefficient (Wildman–Crippen LogP) is 3.82. The predicted molar refractivity (Wildman–Crippen MR) is 87.3 cm³/mol. The molecule has 0 aliphatic carbocycles. The molecule has 0 fully saturated rings. The van der Waals surface area contributed by atoms with E-state index in [1.807, 2.05) is 6.07 Å². The van der Waals surface area contributed by atoms with E-state index in [0.717, 1.165) is 16.8 Å². The standard InChI is InChI=1S/C16H17N3S/c1-11-3-6-13(7-4-11)19(2)10-12-5-8-14-15(9-12)20-16(17)18-14/h3-9H,10H2,1-2H3,(H2,17,18). The van der Waals surface area contributed by atoms with E-state index >= 15 is 0 Å². The van der Waals surface area contributed by atoms with Crippen molar-refractivity contribution in [1.82, 2.24) is 4.98 Å². The highest BCUT2D eigenvalue weighted by Gasteiger charge is 2.05. The van der Waals surface area contributed by atoms with Crippen LogP contribution >= 0.6 is 11.3 Å². The van der Waals surface area contributed by atoms with Gasteiger partial charge in [0, 0.05) is 19.3 Å². The molecule has 0 atom stereocenters. The van der Waals surface area contributed by atoms with Crippen LogP contribution in [0.25, 0.3) is 10.2 Å². The van der Waals surface area contributed by atoms with Gasteiger partial charge < -0.3 is 10.6 Å². The second kappa shape index (κ2) is 5.13. The molecule has 0 aliphatic rings. The molecule has 2 aromatic carbocycles. The van der Waals surface area contributed by atoms with Crippen molar-refractivity contribution in [1.29, 1.82) is 0 Å². The maximum absolute atomic E-state index is 5.74. The summed E-state index contributed by atoms with van der Waals surface area (Å²) < 4.78 is 1.15. The molecule has 0 aliphatic heterocycles. The van der Waals surface area contributed by atoms with Crippen molar-refractivity contribution in [2.75, 3.05) is 17.7 Å². The average molecular weight is 283 g/mol. The molecule has 0 saturated heterocycles. The van der Waals surface area contributed by atoms with Gasteiger partial charge in [0.05, 0.1) is 10.2 Å². The molecule has 1 aromatic heterocycles. The minimum absolute atomic E-state index is 0.629. The summed E-state index contributed by atoms with van der Waals surface area (Å²) in [5, 5.41) is 0.629. The van der Waals surface area contributed by atoms with E-state index in [9.17, 15) is 0 Å². The minimum Gasteiger partial charge on any atom is -0.375 e. The monoisotopic (exact) mass is 283 g/mol. The van der Waals surface area contributed by atoms with Gasteiger partial charge in [-0.3, -0.25) is 0 Å². The summed E-state index contributed by atoms with van der Waals surface area (Å²) in [6.45, 7) is 2.97. The van der Waals surface area contributed by atoms with E-state index in [-0.39, 0.29) is 0 Å². The Hall–Kier alpha value is -2.07. The Kier molecular flexibility index (Phi) is 3.32. The maximum atomic E-state index is 5.74. The SMILES string of the molecule is Cc1ccc(N(C)Cc2ccc3nc(N)sc3c2)cc1. The fourth-order valence-electron chi connectivity index (χ4n) is 2.25. The van der Waals surface area contributed by atoms with Gasteiger partial charge in [-0.1, -0.05) is 35.1 Å². The number of thiazole rings is 1. The van der Waals surface area contributed by atoms with Crippen molar-refractivity contribution in [3.63, 3.8) is 0 Å². The van der Waals surface area contributed by atoms with Gasteiger partial charge in [-0.15, -0.1) is 0 Å². The number of rotatable bonds is 3. The van der Waals surface area contributed by atoms with Gasteiger partial charge in [-0.2, -0.15) is 0 Å². The van der Waals surface area contributed by atoms with E-state index in [2.05, 4.69) is 60.3 Å². The fraction of sp³-hybridized carbons (Fsp3) is 0.188. The van der Waals surface area contributed by atoms with Crippen molar-refractivity contribution >= 4 is 32.4 Å². The molecule has 3 aromatic rings. The number of aromatic nitrogens is 1. The molecule has 102 valence electrons. The molecule has 0 spiro atoms. The lowest BCUT2D eigenvalue weighted by molar-refractivity contribution is 0.924. The van der Waals surface area contributed by atoms with Crippen molar-refractivity contribution in [3.05, 3.63) is 53.6 Å². The summed E-state index contributed by atoms with van der Waals surface area (Å²) in [6.07, 6.45) is 0. The van der Waals surface area contributed by atoms with Crippen molar-refractivity contribution in [2.45, 2.75) is 13.5 Å². The summed E-state index contributed by atoms with van der Waals surface area (Å²) in [5.41, 5.74) is 10.5. The lowest BCUT2D eigenvalue weighted by Crippen LogP contribution is -2.16. The number of fused-ring (bicyclic) bond motifs is 1. The van der Waals surface area contributed by atoms with E-state index < -0.39 is 0 Å². The summed E-state index contributed by atoms with van der Waals surface area (Å²) in [5.74, 6) is 0. The third kappa shape index (κ3) is 2.60. The Bertz CT molecular complexity index is 731. The normalized spacial score (nSPS) is 10.9. The highest BCUT2D eigenvalue weighted by atomic mass is 32.1. The molecular formula is C16H17N3S. The number of hydrogen-bond acceptors (Lipinski definition) is 4. The van der Waals surface area contributed by atoms with Crippen LogP contribution in [0.3, 0.4) is 0 Å². The molecule has 3 nitrogen and oxygen atoms in total. The first kappa shape index (κ1) is 12.9. The molecule has 20 heavy (non-hydrogen) atoms. The Labute approximate surface area is 122 Å². The number of nitrogens with two attached hydrogens (primary N) is 1. The molecule has 3 rings (SSSR count). The van der Waals surface area contributed by atoms with Crippen LogP contribution in [0.1, 0.15) is 11.1 Å². The van der Waals surface area contributed by atoms with E-state index in [0.29, 0.717) is 5.13 Å². The van der Waals surface area contributed by atoms with Crippen LogP contribution in [0, 0.1) is 6.92 Å². The highest BCUT2D eigenvalue weighted by Crippen LogP contribution is 2.25. The van der Waals surface area contributed by atoms with Crippen LogP contribution in [0.4, 0.5) is 10.8 Å². The summed E-state index contributed by atoms with van der Waals surface area (Å²) in [4.78, 5) is 6.53. The van der Waals surface area contributed by atoms with Crippen molar-refractivity contribution < 1.29 is 0 Å². The average Bonchev–Trinajstić information content (AvgIpc) is 2.78. The van der Waals surface area contributed by atoms with Crippen LogP contribution in [-0.4, -0.2) is 12.0 Å². The summed E-state index contributed by atoms with van der Waals surface area (Å²) in [6, 6.07) is 14.9. The molecule has 0 saturated carbocycles. The second-order valence-corrected chi connectivity index (χ2v) is 6.11. The Morgan fingerprint density at radius 2 is 1.90 bits per heavy atom. The number of nitrogens with zero attached hydrogens (tertiary/aromatic N) is 2. The molecule has 0 radical (unpaired) electrons. The van der Waals surface area contributed by atoms with Gasteiger partial charge in [0.25, 0.3) is 0 Å².